The summed E-state index contributed by atoms with van der Waals surface area (Å²) in [5, 5.41) is 23.4. The van der Waals surface area contributed by atoms with Crippen molar-refractivity contribution in [2.45, 2.75) is 26.7 Å². The van der Waals surface area contributed by atoms with Crippen molar-refractivity contribution in [3.05, 3.63) is 108 Å². The van der Waals surface area contributed by atoms with E-state index in [4.69, 9.17) is 4.99 Å². The van der Waals surface area contributed by atoms with Crippen LogP contribution < -0.4 is 15.4 Å². The molecule has 0 radical (unpaired) electrons. The van der Waals surface area contributed by atoms with Gasteiger partial charge in [0.2, 0.25) is 5.88 Å². The molecule has 0 fully saturated rings. The standard InChI is InChI=1S/C27H22N4O4S/c1-3-16-5-9-18(10-6-16)28-27-30(19-11-7-17(4-2)8-12-19)26(33)24(36-27)23-21-15-20(31(34)35)13-14-22(21)29-25(23)32/h5-15,33H,3-4H2,1-2H3. The van der Waals surface area contributed by atoms with Crippen molar-refractivity contribution in [3.63, 3.8) is 0 Å². The van der Waals surface area contributed by atoms with E-state index in [0.29, 0.717) is 26.8 Å². The van der Waals surface area contributed by atoms with Gasteiger partial charge in [0.25, 0.3) is 11.6 Å². The first kappa shape index (κ1) is 23.4. The largest absolute Gasteiger partial charge is 0.493 e. The lowest BCUT2D eigenvalue weighted by Gasteiger charge is -2.07. The number of aryl methyl sites for hydroxylation is 2. The monoisotopic (exact) mass is 498 g/mol. The number of thiazole rings is 1. The number of rotatable bonds is 6. The summed E-state index contributed by atoms with van der Waals surface area (Å²) in [5.74, 6) is -0.736. The van der Waals surface area contributed by atoms with Crippen LogP contribution in [0.25, 0.3) is 11.3 Å². The van der Waals surface area contributed by atoms with Crippen molar-refractivity contribution in [1.29, 1.82) is 0 Å². The lowest BCUT2D eigenvalue weighted by Crippen LogP contribution is -2.23. The molecule has 2 heterocycles. The van der Waals surface area contributed by atoms with Gasteiger partial charge in [-0.1, -0.05) is 49.4 Å². The number of aromatic nitrogens is 1. The first-order valence-corrected chi connectivity index (χ1v) is 12.3. The number of aromatic hydroxyl groups is 1. The molecule has 3 aromatic carbocycles. The Labute approximate surface area is 210 Å². The lowest BCUT2D eigenvalue weighted by molar-refractivity contribution is -0.385. The van der Waals surface area contributed by atoms with E-state index in [1.807, 2.05) is 48.5 Å². The number of hydrogen-bond donors (Lipinski definition) is 1. The van der Waals surface area contributed by atoms with E-state index in [9.17, 15) is 20.0 Å². The molecule has 4 aromatic rings. The number of nitro groups is 1. The Morgan fingerprint density at radius 1 is 1.00 bits per heavy atom. The number of fused-ring (bicyclic) bond motifs is 1. The first-order chi connectivity index (χ1) is 17.4. The van der Waals surface area contributed by atoms with Gasteiger partial charge in [-0.3, -0.25) is 19.5 Å². The van der Waals surface area contributed by atoms with Crippen molar-refractivity contribution in [2.75, 3.05) is 0 Å². The fourth-order valence-corrected chi connectivity index (χ4v) is 5.17. The summed E-state index contributed by atoms with van der Waals surface area (Å²) in [7, 11) is 0. The van der Waals surface area contributed by atoms with E-state index >= 15 is 0 Å². The highest BCUT2D eigenvalue weighted by Crippen LogP contribution is 2.31. The van der Waals surface area contributed by atoms with Gasteiger partial charge in [0, 0.05) is 17.4 Å². The zero-order valence-corrected chi connectivity index (χ0v) is 20.5. The van der Waals surface area contributed by atoms with Gasteiger partial charge >= 0.3 is 0 Å². The van der Waals surface area contributed by atoms with Gasteiger partial charge in [-0.15, -0.1) is 0 Å². The third-order valence-electron chi connectivity index (χ3n) is 6.09. The third kappa shape index (κ3) is 4.14. The van der Waals surface area contributed by atoms with Crippen LogP contribution in [0.2, 0.25) is 0 Å². The van der Waals surface area contributed by atoms with Crippen molar-refractivity contribution < 1.29 is 14.8 Å². The van der Waals surface area contributed by atoms with Crippen LogP contribution in [0, 0.1) is 10.1 Å². The fraction of sp³-hybridized carbons (Fsp3) is 0.148. The van der Waals surface area contributed by atoms with Crippen molar-refractivity contribution >= 4 is 34.2 Å². The Morgan fingerprint density at radius 3 is 2.25 bits per heavy atom. The number of benzene rings is 3. The second kappa shape index (κ2) is 9.35. The molecule has 8 nitrogen and oxygen atoms in total. The summed E-state index contributed by atoms with van der Waals surface area (Å²) in [5.41, 5.74) is 3.66. The zero-order chi connectivity index (χ0) is 25.4. The minimum Gasteiger partial charge on any atom is -0.493 e. The molecular weight excluding hydrogens is 476 g/mol. The summed E-state index contributed by atoms with van der Waals surface area (Å²) >= 11 is 1.13. The van der Waals surface area contributed by atoms with Gasteiger partial charge in [-0.2, -0.15) is 0 Å². The van der Waals surface area contributed by atoms with Crippen LogP contribution in [-0.4, -0.2) is 20.5 Å². The van der Waals surface area contributed by atoms with Crippen LogP contribution in [0.1, 0.15) is 29.9 Å². The third-order valence-corrected chi connectivity index (χ3v) is 7.14. The number of carbonyl (C=O) groups is 1. The quantitative estimate of drug-likeness (QED) is 0.321. The first-order valence-electron chi connectivity index (χ1n) is 11.5. The van der Waals surface area contributed by atoms with Crippen LogP contribution in [0.15, 0.2) is 76.7 Å². The molecule has 1 amide bonds. The number of carbonyl (C=O) groups excluding carboxylic acids is 1. The molecular formula is C27H22N4O4S. The van der Waals surface area contributed by atoms with Crippen molar-refractivity contribution in [3.8, 4) is 11.6 Å². The van der Waals surface area contributed by atoms with Crippen LogP contribution in [0.4, 0.5) is 11.4 Å². The number of non-ortho nitro benzene ring substituents is 1. The molecule has 36 heavy (non-hydrogen) atoms. The molecule has 1 N–H and O–H groups in total. The minimum absolute atomic E-state index is 0.123. The molecule has 1 aliphatic heterocycles. The predicted octanol–water partition coefficient (Wildman–Crippen LogP) is 3.87. The molecule has 1 aliphatic rings. The SMILES string of the molecule is CCc1ccc(N=c2sc(C3=c4cc([N+](=O)[O-])ccc4=NC3=O)c(O)n2-c2ccc(CC)cc2)cc1. The molecule has 0 aliphatic carbocycles. The van der Waals surface area contributed by atoms with E-state index in [-0.39, 0.29) is 22.0 Å². The number of nitro benzene ring substituents is 1. The summed E-state index contributed by atoms with van der Waals surface area (Å²) < 4.78 is 1.59. The molecule has 5 rings (SSSR count). The van der Waals surface area contributed by atoms with E-state index in [1.165, 1.54) is 23.8 Å². The number of nitrogens with zero attached hydrogens (tertiary/aromatic N) is 4. The van der Waals surface area contributed by atoms with Gasteiger partial charge in [-0.25, -0.2) is 9.98 Å². The van der Waals surface area contributed by atoms with Crippen molar-refractivity contribution in [1.82, 2.24) is 4.57 Å². The molecule has 180 valence electrons. The van der Waals surface area contributed by atoms with Gasteiger partial charge < -0.3 is 5.11 Å². The maximum Gasteiger partial charge on any atom is 0.279 e. The average Bonchev–Trinajstić information content (AvgIpc) is 3.38. The Balaban J connectivity index is 1.79. The van der Waals surface area contributed by atoms with E-state index in [0.717, 1.165) is 29.7 Å². The predicted molar refractivity (Wildman–Crippen MR) is 137 cm³/mol. The fourth-order valence-electron chi connectivity index (χ4n) is 4.08. The maximum atomic E-state index is 12.9. The van der Waals surface area contributed by atoms with Crippen LogP contribution in [0.3, 0.4) is 0 Å². The molecule has 0 spiro atoms. The van der Waals surface area contributed by atoms with Crippen LogP contribution in [-0.2, 0) is 17.6 Å². The molecule has 0 saturated carbocycles. The maximum absolute atomic E-state index is 12.9. The van der Waals surface area contributed by atoms with E-state index in [1.54, 1.807) is 4.57 Å². The normalized spacial score (nSPS) is 13.1. The summed E-state index contributed by atoms with van der Waals surface area (Å²) in [6, 6.07) is 19.6. The van der Waals surface area contributed by atoms with Crippen LogP contribution >= 0.6 is 11.3 Å². The second-order valence-electron chi connectivity index (χ2n) is 8.28. The lowest BCUT2D eigenvalue weighted by atomic mass is 10.1. The molecule has 0 atom stereocenters. The topological polar surface area (TPSA) is 110 Å². The molecule has 0 unspecified atom stereocenters. The Morgan fingerprint density at radius 2 is 1.64 bits per heavy atom. The van der Waals surface area contributed by atoms with Gasteiger partial charge in [-0.05, 0) is 54.3 Å². The second-order valence-corrected chi connectivity index (χ2v) is 9.25. The van der Waals surface area contributed by atoms with Gasteiger partial charge in [0.15, 0.2) is 4.80 Å². The molecule has 0 bridgehead atoms. The van der Waals surface area contributed by atoms with Crippen LogP contribution in [0.5, 0.6) is 5.88 Å². The number of amides is 1. The average molecular weight is 499 g/mol. The highest BCUT2D eigenvalue weighted by atomic mass is 32.1. The van der Waals surface area contributed by atoms with Gasteiger partial charge in [0.05, 0.1) is 27.2 Å². The Hall–Kier alpha value is -4.37. The highest BCUT2D eigenvalue weighted by molar-refractivity contribution is 7.11. The zero-order valence-electron chi connectivity index (χ0n) is 19.6. The van der Waals surface area contributed by atoms with E-state index < -0.39 is 10.8 Å². The highest BCUT2D eigenvalue weighted by Gasteiger charge is 2.27. The number of hydrogen-bond acceptors (Lipinski definition) is 6. The minimum atomic E-state index is -0.561. The molecule has 9 heteroatoms. The Bertz CT molecular complexity index is 1700. The van der Waals surface area contributed by atoms with Crippen molar-refractivity contribution in [2.24, 2.45) is 9.98 Å². The molecule has 0 saturated heterocycles. The van der Waals surface area contributed by atoms with Gasteiger partial charge in [0.1, 0.15) is 4.88 Å². The summed E-state index contributed by atoms with van der Waals surface area (Å²) in [6.07, 6.45) is 1.78. The smallest absolute Gasteiger partial charge is 0.279 e. The Kier molecular flexibility index (Phi) is 6.07. The molecule has 1 aromatic heterocycles. The summed E-state index contributed by atoms with van der Waals surface area (Å²) in [6.45, 7) is 4.14. The summed E-state index contributed by atoms with van der Waals surface area (Å²) in [4.78, 5) is 33.3. The van der Waals surface area contributed by atoms with E-state index in [2.05, 4.69) is 18.8 Å².